The van der Waals surface area contributed by atoms with Crippen molar-refractivity contribution in [2.45, 2.75) is 25.7 Å². The molecule has 3 nitrogen and oxygen atoms in total. The van der Waals surface area contributed by atoms with E-state index in [9.17, 15) is 9.59 Å². The van der Waals surface area contributed by atoms with Crippen LogP contribution >= 0.6 is 0 Å². The first-order valence-corrected chi connectivity index (χ1v) is 3.99. The Bertz CT molecular complexity index is 228. The van der Waals surface area contributed by atoms with Crippen molar-refractivity contribution in [2.24, 2.45) is 0 Å². The van der Waals surface area contributed by atoms with Crippen molar-refractivity contribution in [3.05, 3.63) is 11.6 Å². The Morgan fingerprint density at radius 2 is 2.33 bits per heavy atom. The van der Waals surface area contributed by atoms with Gasteiger partial charge in [0.05, 0.1) is 13.5 Å². The summed E-state index contributed by atoms with van der Waals surface area (Å²) in [6.45, 7) is 0. The Balaban J connectivity index is 2.43. The monoisotopic (exact) mass is 168 g/mol. The second kappa shape index (κ2) is 4.04. The molecule has 3 heteroatoms. The molecular weight excluding hydrogens is 156 g/mol. The molecule has 1 aliphatic carbocycles. The highest BCUT2D eigenvalue weighted by Crippen LogP contribution is 2.17. The minimum atomic E-state index is -0.226. The molecule has 0 saturated heterocycles. The number of rotatable bonds is 2. The lowest BCUT2D eigenvalue weighted by molar-refractivity contribution is -0.140. The third kappa shape index (κ3) is 2.49. The highest BCUT2D eigenvalue weighted by atomic mass is 16.5. The Morgan fingerprint density at radius 1 is 1.58 bits per heavy atom. The molecule has 0 spiro atoms. The molecule has 0 aromatic rings. The average Bonchev–Trinajstić information content (AvgIpc) is 2.09. The standard InChI is InChI=1S/C9H12O3/c1-12-9(11)6-7-2-4-8(10)5-3-7/h2H,3-6H2,1H3. The molecule has 0 saturated carbocycles. The van der Waals surface area contributed by atoms with Gasteiger partial charge in [-0.05, 0) is 6.42 Å². The van der Waals surface area contributed by atoms with Crippen LogP contribution in [-0.2, 0) is 14.3 Å². The number of hydrogen-bond acceptors (Lipinski definition) is 3. The third-order valence-corrected chi connectivity index (χ3v) is 1.94. The first kappa shape index (κ1) is 8.97. The average molecular weight is 168 g/mol. The van der Waals surface area contributed by atoms with E-state index in [1.807, 2.05) is 6.08 Å². The minimum Gasteiger partial charge on any atom is -0.469 e. The lowest BCUT2D eigenvalue weighted by Crippen LogP contribution is -2.08. The van der Waals surface area contributed by atoms with Gasteiger partial charge in [0.1, 0.15) is 5.78 Å². The normalized spacial score (nSPS) is 17.1. The Labute approximate surface area is 71.4 Å². The van der Waals surface area contributed by atoms with Crippen LogP contribution in [0.5, 0.6) is 0 Å². The van der Waals surface area contributed by atoms with Crippen molar-refractivity contribution in [1.29, 1.82) is 0 Å². The fourth-order valence-electron chi connectivity index (χ4n) is 1.18. The van der Waals surface area contributed by atoms with E-state index in [4.69, 9.17) is 0 Å². The van der Waals surface area contributed by atoms with Crippen LogP contribution in [0.2, 0.25) is 0 Å². The maximum Gasteiger partial charge on any atom is 0.309 e. The van der Waals surface area contributed by atoms with E-state index in [2.05, 4.69) is 4.74 Å². The summed E-state index contributed by atoms with van der Waals surface area (Å²) in [5, 5.41) is 0. The molecule has 0 amide bonds. The molecule has 1 aliphatic rings. The highest BCUT2D eigenvalue weighted by molar-refractivity contribution is 5.82. The summed E-state index contributed by atoms with van der Waals surface area (Å²) in [4.78, 5) is 21.6. The Kier molecular flexibility index (Phi) is 3.02. The molecule has 0 fully saturated rings. The van der Waals surface area contributed by atoms with Crippen LogP contribution in [0.3, 0.4) is 0 Å². The molecule has 66 valence electrons. The van der Waals surface area contributed by atoms with Crippen molar-refractivity contribution in [1.82, 2.24) is 0 Å². The second-order valence-corrected chi connectivity index (χ2v) is 2.86. The van der Waals surface area contributed by atoms with Crippen LogP contribution in [-0.4, -0.2) is 18.9 Å². The van der Waals surface area contributed by atoms with Crippen LogP contribution in [0.4, 0.5) is 0 Å². The number of Topliss-reactive ketones (excluding diaryl/α,β-unsaturated/α-hetero) is 1. The summed E-state index contributed by atoms with van der Waals surface area (Å²) in [5.74, 6) is 0.0271. The number of allylic oxidation sites excluding steroid dienone is 1. The van der Waals surface area contributed by atoms with Crippen LogP contribution in [0.25, 0.3) is 0 Å². The summed E-state index contributed by atoms with van der Waals surface area (Å²) in [7, 11) is 1.37. The van der Waals surface area contributed by atoms with Gasteiger partial charge in [0, 0.05) is 12.8 Å². The van der Waals surface area contributed by atoms with E-state index in [1.165, 1.54) is 7.11 Å². The molecule has 0 aliphatic heterocycles. The SMILES string of the molecule is COC(=O)CC1=CCC(=O)CC1. The van der Waals surface area contributed by atoms with Gasteiger partial charge in [-0.15, -0.1) is 0 Å². The third-order valence-electron chi connectivity index (χ3n) is 1.94. The molecule has 0 bridgehead atoms. The summed E-state index contributed by atoms with van der Waals surface area (Å²) in [5.41, 5.74) is 1.03. The number of hydrogen-bond donors (Lipinski definition) is 0. The smallest absolute Gasteiger partial charge is 0.309 e. The predicted octanol–water partition coefficient (Wildman–Crippen LogP) is 1.23. The molecule has 0 aromatic heterocycles. The molecule has 1 rings (SSSR count). The number of carbonyl (C=O) groups excluding carboxylic acids is 2. The number of ether oxygens (including phenoxy) is 1. The van der Waals surface area contributed by atoms with Crippen LogP contribution < -0.4 is 0 Å². The lowest BCUT2D eigenvalue weighted by atomic mass is 9.96. The van der Waals surface area contributed by atoms with Crippen molar-refractivity contribution < 1.29 is 14.3 Å². The van der Waals surface area contributed by atoms with Crippen molar-refractivity contribution >= 4 is 11.8 Å². The fraction of sp³-hybridized carbons (Fsp3) is 0.556. The molecule has 0 atom stereocenters. The zero-order chi connectivity index (χ0) is 8.97. The van der Waals surface area contributed by atoms with Gasteiger partial charge in [0.15, 0.2) is 0 Å². The van der Waals surface area contributed by atoms with Gasteiger partial charge >= 0.3 is 5.97 Å². The zero-order valence-corrected chi connectivity index (χ0v) is 7.13. The van der Waals surface area contributed by atoms with E-state index in [0.717, 1.165) is 5.57 Å². The molecule has 0 heterocycles. The van der Waals surface area contributed by atoms with E-state index in [0.29, 0.717) is 25.7 Å². The Hall–Kier alpha value is -1.12. The highest BCUT2D eigenvalue weighted by Gasteiger charge is 2.12. The fourth-order valence-corrected chi connectivity index (χ4v) is 1.18. The summed E-state index contributed by atoms with van der Waals surface area (Å²) >= 11 is 0. The van der Waals surface area contributed by atoms with Gasteiger partial charge in [-0.2, -0.15) is 0 Å². The summed E-state index contributed by atoms with van der Waals surface area (Å²) < 4.78 is 4.52. The number of carbonyl (C=O) groups is 2. The molecule has 12 heavy (non-hydrogen) atoms. The lowest BCUT2D eigenvalue weighted by Gasteiger charge is -2.10. The van der Waals surface area contributed by atoms with E-state index in [1.54, 1.807) is 0 Å². The minimum absolute atomic E-state index is 0.226. The molecule has 0 radical (unpaired) electrons. The molecular formula is C9H12O3. The van der Waals surface area contributed by atoms with Crippen molar-refractivity contribution in [2.75, 3.05) is 7.11 Å². The largest absolute Gasteiger partial charge is 0.469 e. The maximum atomic E-state index is 10.8. The molecule has 0 unspecified atom stereocenters. The van der Waals surface area contributed by atoms with Gasteiger partial charge in [-0.1, -0.05) is 11.6 Å². The predicted molar refractivity (Wildman–Crippen MR) is 43.6 cm³/mol. The number of ketones is 1. The second-order valence-electron chi connectivity index (χ2n) is 2.86. The van der Waals surface area contributed by atoms with Gasteiger partial charge in [-0.25, -0.2) is 0 Å². The van der Waals surface area contributed by atoms with Gasteiger partial charge < -0.3 is 4.74 Å². The quantitative estimate of drug-likeness (QED) is 0.460. The van der Waals surface area contributed by atoms with Crippen LogP contribution in [0.1, 0.15) is 25.7 Å². The van der Waals surface area contributed by atoms with Crippen molar-refractivity contribution in [3.8, 4) is 0 Å². The zero-order valence-electron chi connectivity index (χ0n) is 7.13. The number of esters is 1. The summed E-state index contributed by atoms with van der Waals surface area (Å²) in [6, 6.07) is 0. The van der Waals surface area contributed by atoms with E-state index in [-0.39, 0.29) is 11.8 Å². The Morgan fingerprint density at radius 3 is 2.83 bits per heavy atom. The molecule has 0 N–H and O–H groups in total. The van der Waals surface area contributed by atoms with E-state index >= 15 is 0 Å². The van der Waals surface area contributed by atoms with Gasteiger partial charge in [0.25, 0.3) is 0 Å². The first-order chi connectivity index (χ1) is 5.72. The van der Waals surface area contributed by atoms with E-state index < -0.39 is 0 Å². The number of methoxy groups -OCH3 is 1. The van der Waals surface area contributed by atoms with Gasteiger partial charge in [-0.3, -0.25) is 9.59 Å². The van der Waals surface area contributed by atoms with Crippen LogP contribution in [0.15, 0.2) is 11.6 Å². The molecule has 0 aromatic carbocycles. The van der Waals surface area contributed by atoms with Crippen LogP contribution in [0, 0.1) is 0 Å². The van der Waals surface area contributed by atoms with Crippen molar-refractivity contribution in [3.63, 3.8) is 0 Å². The topological polar surface area (TPSA) is 43.4 Å². The first-order valence-electron chi connectivity index (χ1n) is 3.99. The maximum absolute atomic E-state index is 10.8. The summed E-state index contributed by atoms with van der Waals surface area (Å²) in [6.07, 6.45) is 3.94. The van der Waals surface area contributed by atoms with Gasteiger partial charge in [0.2, 0.25) is 0 Å².